The van der Waals surface area contributed by atoms with Crippen molar-refractivity contribution >= 4 is 6.03 Å². The summed E-state index contributed by atoms with van der Waals surface area (Å²) in [5.74, 6) is 0. The van der Waals surface area contributed by atoms with Crippen molar-refractivity contribution in [3.63, 3.8) is 0 Å². The van der Waals surface area contributed by atoms with Gasteiger partial charge in [-0.25, -0.2) is 4.79 Å². The maximum absolute atomic E-state index is 12.5. The number of aliphatic hydroxyl groups is 1. The van der Waals surface area contributed by atoms with Crippen molar-refractivity contribution in [2.75, 3.05) is 0 Å². The predicted octanol–water partition coefficient (Wildman–Crippen LogP) is 0.863. The molecule has 2 amide bonds. The van der Waals surface area contributed by atoms with Crippen molar-refractivity contribution in [3.05, 3.63) is 0 Å². The van der Waals surface area contributed by atoms with Gasteiger partial charge in [-0.3, -0.25) is 0 Å². The van der Waals surface area contributed by atoms with Crippen LogP contribution in [-0.2, 0) is 0 Å². The smallest absolute Gasteiger partial charge is 0.363 e. The minimum atomic E-state index is -4.84. The summed E-state index contributed by atoms with van der Waals surface area (Å²) < 4.78 is 37.5. The lowest BCUT2D eigenvalue weighted by atomic mass is 9.70. The third-order valence-corrected chi connectivity index (χ3v) is 3.07. The number of amides is 2. The maximum atomic E-state index is 12.5. The van der Waals surface area contributed by atoms with E-state index in [9.17, 15) is 23.1 Å². The molecule has 1 aliphatic carbocycles. The molecule has 1 heterocycles. The quantitative estimate of drug-likeness (QED) is 0.571. The second kappa shape index (κ2) is 2.78. The fourth-order valence-corrected chi connectivity index (χ4v) is 2.11. The van der Waals surface area contributed by atoms with E-state index >= 15 is 0 Å². The predicted molar refractivity (Wildman–Crippen MR) is 43.9 cm³/mol. The van der Waals surface area contributed by atoms with Crippen LogP contribution in [0.25, 0.3) is 0 Å². The molecule has 1 aliphatic heterocycles. The lowest BCUT2D eigenvalue weighted by Crippen LogP contribution is -2.74. The molecular formula is C8H11F3N2O2. The van der Waals surface area contributed by atoms with Gasteiger partial charge < -0.3 is 15.7 Å². The number of urea groups is 1. The van der Waals surface area contributed by atoms with Crippen molar-refractivity contribution in [1.82, 2.24) is 10.6 Å². The third-order valence-electron chi connectivity index (χ3n) is 3.07. The van der Waals surface area contributed by atoms with E-state index < -0.39 is 29.9 Å². The van der Waals surface area contributed by atoms with E-state index in [1.165, 1.54) is 5.32 Å². The van der Waals surface area contributed by atoms with Crippen LogP contribution in [0.3, 0.4) is 0 Å². The number of nitrogens with one attached hydrogen (secondary N) is 2. The van der Waals surface area contributed by atoms with Crippen molar-refractivity contribution in [3.8, 4) is 0 Å². The molecule has 7 heteroatoms. The Labute approximate surface area is 83.8 Å². The average Bonchev–Trinajstić information content (AvgIpc) is 1.97. The summed E-state index contributed by atoms with van der Waals surface area (Å²) in [4.78, 5) is 11.1. The van der Waals surface area contributed by atoms with Crippen molar-refractivity contribution in [2.45, 2.75) is 43.1 Å². The Morgan fingerprint density at radius 3 is 2.27 bits per heavy atom. The number of halogens is 3. The van der Waals surface area contributed by atoms with E-state index in [1.54, 1.807) is 0 Å². The summed E-state index contributed by atoms with van der Waals surface area (Å²) >= 11 is 0. The highest BCUT2D eigenvalue weighted by Crippen LogP contribution is 2.44. The summed E-state index contributed by atoms with van der Waals surface area (Å²) in [6.45, 7) is 0. The first-order valence-corrected chi connectivity index (χ1v) is 4.66. The van der Waals surface area contributed by atoms with Crippen LogP contribution in [0.2, 0.25) is 0 Å². The van der Waals surface area contributed by atoms with Crippen molar-refractivity contribution in [1.29, 1.82) is 0 Å². The van der Waals surface area contributed by atoms with Crippen LogP contribution in [0.1, 0.15) is 25.7 Å². The monoisotopic (exact) mass is 224 g/mol. The highest BCUT2D eigenvalue weighted by molar-refractivity contribution is 5.77. The highest BCUT2D eigenvalue weighted by Gasteiger charge is 2.62. The Kier molecular flexibility index (Phi) is 1.95. The van der Waals surface area contributed by atoms with E-state index in [1.807, 2.05) is 0 Å². The van der Waals surface area contributed by atoms with Gasteiger partial charge >= 0.3 is 12.2 Å². The molecule has 3 N–H and O–H groups in total. The zero-order valence-electron chi connectivity index (χ0n) is 7.82. The van der Waals surface area contributed by atoms with Crippen LogP contribution >= 0.6 is 0 Å². The molecule has 1 saturated heterocycles. The standard InChI is InChI=1S/C8H11F3N2O2/c9-8(10,11)7(15)4-6(2-1-3-6)12-5(14)13-7/h15H,1-4H2,(H2,12,13,14)/t7-/m1/s1. The first kappa shape index (κ1) is 10.5. The zero-order valence-corrected chi connectivity index (χ0v) is 7.82. The summed E-state index contributed by atoms with van der Waals surface area (Å²) in [5, 5.41) is 13.4. The molecule has 1 spiro atoms. The van der Waals surface area contributed by atoms with Crippen LogP contribution < -0.4 is 10.6 Å². The van der Waals surface area contributed by atoms with Gasteiger partial charge in [0.2, 0.25) is 5.72 Å². The van der Waals surface area contributed by atoms with Gasteiger partial charge in [0.05, 0.1) is 0 Å². The first-order valence-electron chi connectivity index (χ1n) is 4.66. The van der Waals surface area contributed by atoms with Crippen LogP contribution in [0.15, 0.2) is 0 Å². The summed E-state index contributed by atoms with van der Waals surface area (Å²) in [6, 6.07) is -0.958. The molecule has 1 saturated carbocycles. The van der Waals surface area contributed by atoms with Crippen LogP contribution in [-0.4, -0.2) is 28.6 Å². The van der Waals surface area contributed by atoms with Crippen molar-refractivity contribution < 1.29 is 23.1 Å². The van der Waals surface area contributed by atoms with Crippen molar-refractivity contribution in [2.24, 2.45) is 0 Å². The Hall–Kier alpha value is -0.980. The number of carbonyl (C=O) groups excluding carboxylic acids is 1. The number of rotatable bonds is 0. The average molecular weight is 224 g/mol. The molecule has 4 nitrogen and oxygen atoms in total. The van der Waals surface area contributed by atoms with Crippen LogP contribution in [0.5, 0.6) is 0 Å². The third kappa shape index (κ3) is 1.54. The SMILES string of the molecule is O=C1NC2(CCC2)C[C@@](O)(C(F)(F)F)N1. The molecule has 2 aliphatic rings. The Balaban J connectivity index is 2.23. The van der Waals surface area contributed by atoms with E-state index in [0.717, 1.165) is 6.42 Å². The minimum absolute atomic E-state index is 0.485. The Morgan fingerprint density at radius 1 is 1.27 bits per heavy atom. The first-order chi connectivity index (χ1) is 6.77. The van der Waals surface area contributed by atoms with E-state index in [2.05, 4.69) is 5.32 Å². The second-order valence-electron chi connectivity index (χ2n) is 4.25. The number of carbonyl (C=O) groups is 1. The Bertz CT molecular complexity index is 301. The largest absolute Gasteiger partial charge is 0.436 e. The van der Waals surface area contributed by atoms with Gasteiger partial charge in [-0.15, -0.1) is 0 Å². The lowest BCUT2D eigenvalue weighted by Gasteiger charge is -2.51. The molecule has 2 rings (SSSR count). The highest BCUT2D eigenvalue weighted by atomic mass is 19.4. The van der Waals surface area contributed by atoms with E-state index in [4.69, 9.17) is 0 Å². The number of alkyl halides is 3. The van der Waals surface area contributed by atoms with Gasteiger partial charge in [0.25, 0.3) is 0 Å². The molecule has 0 aromatic rings. The molecule has 0 aromatic carbocycles. The minimum Gasteiger partial charge on any atom is -0.363 e. The van der Waals surface area contributed by atoms with Gasteiger partial charge in [-0.05, 0) is 19.3 Å². The molecule has 86 valence electrons. The van der Waals surface area contributed by atoms with E-state index in [-0.39, 0.29) is 0 Å². The van der Waals surface area contributed by atoms with Gasteiger partial charge in [-0.1, -0.05) is 0 Å². The number of hydrogen-bond donors (Lipinski definition) is 3. The summed E-state index contributed by atoms with van der Waals surface area (Å²) in [6.07, 6.45) is -3.62. The van der Waals surface area contributed by atoms with E-state index in [0.29, 0.717) is 12.8 Å². The zero-order chi connectivity index (χ0) is 11.3. The van der Waals surface area contributed by atoms with Gasteiger partial charge in [0.15, 0.2) is 0 Å². The summed E-state index contributed by atoms with van der Waals surface area (Å²) in [5.41, 5.74) is -3.96. The maximum Gasteiger partial charge on any atom is 0.436 e. The number of hydrogen-bond acceptors (Lipinski definition) is 2. The van der Waals surface area contributed by atoms with Crippen LogP contribution in [0, 0.1) is 0 Å². The molecular weight excluding hydrogens is 213 g/mol. The molecule has 0 bridgehead atoms. The Morgan fingerprint density at radius 2 is 1.87 bits per heavy atom. The summed E-state index contributed by atoms with van der Waals surface area (Å²) in [7, 11) is 0. The molecule has 0 radical (unpaired) electrons. The second-order valence-corrected chi connectivity index (χ2v) is 4.25. The van der Waals surface area contributed by atoms with Crippen LogP contribution in [0.4, 0.5) is 18.0 Å². The fraction of sp³-hybridized carbons (Fsp3) is 0.875. The molecule has 15 heavy (non-hydrogen) atoms. The molecule has 2 fully saturated rings. The van der Waals surface area contributed by atoms with Gasteiger partial charge in [0.1, 0.15) is 0 Å². The normalized spacial score (nSPS) is 34.3. The molecule has 0 unspecified atom stereocenters. The fourth-order valence-electron chi connectivity index (χ4n) is 2.11. The lowest BCUT2D eigenvalue weighted by molar-refractivity contribution is -0.282. The topological polar surface area (TPSA) is 61.4 Å². The van der Waals surface area contributed by atoms with Gasteiger partial charge in [-0.2, -0.15) is 13.2 Å². The van der Waals surface area contributed by atoms with Gasteiger partial charge in [0, 0.05) is 12.0 Å². The molecule has 0 aromatic heterocycles. The molecule has 1 atom stereocenters.